The lowest BCUT2D eigenvalue weighted by Crippen LogP contribution is -2.50. The predicted molar refractivity (Wildman–Crippen MR) is 104 cm³/mol. The monoisotopic (exact) mass is 351 g/mol. The van der Waals surface area contributed by atoms with Crippen molar-refractivity contribution in [2.24, 2.45) is 5.73 Å². The number of nitrogens with two attached hydrogens (primary N) is 1. The molecule has 1 aromatic heterocycles. The lowest BCUT2D eigenvalue weighted by molar-refractivity contribution is 0.101. The molecule has 1 atom stereocenters. The molecule has 6 nitrogen and oxygen atoms in total. The quantitative estimate of drug-likeness (QED) is 0.801. The third-order valence-corrected chi connectivity index (χ3v) is 4.50. The first-order valence-electron chi connectivity index (χ1n) is 8.91. The van der Waals surface area contributed by atoms with Gasteiger partial charge in [0.25, 0.3) is 0 Å². The third-order valence-electron chi connectivity index (χ3n) is 4.50. The summed E-state index contributed by atoms with van der Waals surface area (Å²) < 4.78 is 0. The molecule has 2 heterocycles. The van der Waals surface area contributed by atoms with Crippen molar-refractivity contribution >= 4 is 17.8 Å². The summed E-state index contributed by atoms with van der Waals surface area (Å²) in [6, 6.07) is 10.2. The van der Waals surface area contributed by atoms with E-state index in [1.54, 1.807) is 12.4 Å². The zero-order valence-electron chi connectivity index (χ0n) is 15.1. The van der Waals surface area contributed by atoms with Gasteiger partial charge in [-0.25, -0.2) is 9.97 Å². The molecule has 136 valence electrons. The highest BCUT2D eigenvalue weighted by Gasteiger charge is 2.20. The summed E-state index contributed by atoms with van der Waals surface area (Å²) in [5.74, 6) is 0.668. The Balaban J connectivity index is 1.47. The minimum atomic E-state index is -0.0149. The molecule has 1 aliphatic rings. The maximum absolute atomic E-state index is 11.3. The predicted octanol–water partition coefficient (Wildman–Crippen LogP) is 1.84. The number of piperazine rings is 1. The van der Waals surface area contributed by atoms with Crippen LogP contribution in [0.15, 0.2) is 48.8 Å². The third kappa shape index (κ3) is 4.97. The summed E-state index contributed by atoms with van der Waals surface area (Å²) >= 11 is 0. The van der Waals surface area contributed by atoms with Gasteiger partial charge in [-0.2, -0.15) is 0 Å². The molecule has 2 aromatic rings. The molecular weight excluding hydrogens is 326 g/mol. The van der Waals surface area contributed by atoms with E-state index in [-0.39, 0.29) is 11.8 Å². The fraction of sp³-hybridized carbons (Fsp3) is 0.350. The zero-order chi connectivity index (χ0) is 18.4. The number of Topliss-reactive ketones (excluding diaryl/α,β-unsaturated/α-hetero) is 1. The Bertz CT molecular complexity index is 737. The van der Waals surface area contributed by atoms with Crippen LogP contribution < -0.4 is 10.6 Å². The van der Waals surface area contributed by atoms with Crippen LogP contribution in [0.5, 0.6) is 0 Å². The van der Waals surface area contributed by atoms with E-state index in [0.29, 0.717) is 11.5 Å². The SMILES string of the molecule is CC(=O)c1cnc(N2CCN(CC(N)/C=C/c3ccccc3)CC2)nc1. The minimum absolute atomic E-state index is 0.00727. The first-order chi connectivity index (χ1) is 12.6. The van der Waals surface area contributed by atoms with E-state index in [2.05, 4.69) is 44.1 Å². The molecule has 0 aliphatic carbocycles. The van der Waals surface area contributed by atoms with Crippen LogP contribution in [0.1, 0.15) is 22.8 Å². The lowest BCUT2D eigenvalue weighted by atomic mass is 10.1. The van der Waals surface area contributed by atoms with E-state index in [9.17, 15) is 4.79 Å². The second-order valence-electron chi connectivity index (χ2n) is 6.55. The van der Waals surface area contributed by atoms with Crippen molar-refractivity contribution in [3.05, 3.63) is 59.9 Å². The molecule has 1 fully saturated rings. The molecule has 0 spiro atoms. The Labute approximate surface area is 154 Å². The first kappa shape index (κ1) is 18.2. The van der Waals surface area contributed by atoms with E-state index in [1.165, 1.54) is 12.5 Å². The van der Waals surface area contributed by atoms with Gasteiger partial charge in [-0.15, -0.1) is 0 Å². The standard InChI is InChI=1S/C20H25N5O/c1-16(26)18-13-22-20(23-14-18)25-11-9-24(10-12-25)15-19(21)8-7-17-5-3-2-4-6-17/h2-8,13-14,19H,9-12,15,21H2,1H3/b8-7+. The fourth-order valence-corrected chi connectivity index (χ4v) is 2.95. The Morgan fingerprint density at radius 3 is 2.42 bits per heavy atom. The number of nitrogens with zero attached hydrogens (tertiary/aromatic N) is 4. The normalized spacial score (nSPS) is 16.8. The number of aromatic nitrogens is 2. The highest BCUT2D eigenvalue weighted by atomic mass is 16.1. The van der Waals surface area contributed by atoms with Gasteiger partial charge in [-0.05, 0) is 12.5 Å². The van der Waals surface area contributed by atoms with Crippen LogP contribution in [0.25, 0.3) is 6.08 Å². The molecule has 1 unspecified atom stereocenters. The van der Waals surface area contributed by atoms with Gasteiger partial charge in [0.15, 0.2) is 5.78 Å². The molecule has 1 saturated heterocycles. The average molecular weight is 351 g/mol. The molecule has 2 N–H and O–H groups in total. The summed E-state index contributed by atoms with van der Waals surface area (Å²) in [6.45, 7) is 5.91. The van der Waals surface area contributed by atoms with Crippen LogP contribution in [0.3, 0.4) is 0 Å². The molecular formula is C20H25N5O. The molecule has 1 aliphatic heterocycles. The van der Waals surface area contributed by atoms with Gasteiger partial charge in [0.1, 0.15) is 0 Å². The van der Waals surface area contributed by atoms with Crippen molar-refractivity contribution in [3.63, 3.8) is 0 Å². The van der Waals surface area contributed by atoms with Crippen molar-refractivity contribution in [3.8, 4) is 0 Å². The summed E-state index contributed by atoms with van der Waals surface area (Å²) in [6.07, 6.45) is 7.33. The van der Waals surface area contributed by atoms with Crippen LogP contribution in [-0.2, 0) is 0 Å². The molecule has 0 bridgehead atoms. The van der Waals surface area contributed by atoms with Gasteiger partial charge < -0.3 is 10.6 Å². The Hall–Kier alpha value is -2.57. The molecule has 3 rings (SSSR count). The van der Waals surface area contributed by atoms with E-state index in [4.69, 9.17) is 5.73 Å². The molecule has 0 saturated carbocycles. The van der Waals surface area contributed by atoms with Gasteiger partial charge in [0.05, 0.1) is 5.56 Å². The van der Waals surface area contributed by atoms with Crippen LogP contribution in [0.2, 0.25) is 0 Å². The van der Waals surface area contributed by atoms with Gasteiger partial charge in [0.2, 0.25) is 5.95 Å². The van der Waals surface area contributed by atoms with Crippen molar-refractivity contribution in [2.75, 3.05) is 37.6 Å². The van der Waals surface area contributed by atoms with E-state index in [0.717, 1.165) is 32.7 Å². The number of rotatable bonds is 6. The van der Waals surface area contributed by atoms with Crippen LogP contribution in [-0.4, -0.2) is 59.4 Å². The number of carbonyl (C=O) groups is 1. The largest absolute Gasteiger partial charge is 0.338 e. The topological polar surface area (TPSA) is 75.4 Å². The van der Waals surface area contributed by atoms with Gasteiger partial charge >= 0.3 is 0 Å². The van der Waals surface area contributed by atoms with Crippen LogP contribution >= 0.6 is 0 Å². The van der Waals surface area contributed by atoms with Crippen molar-refractivity contribution < 1.29 is 4.79 Å². The summed E-state index contributed by atoms with van der Waals surface area (Å²) in [5, 5.41) is 0. The van der Waals surface area contributed by atoms with Gasteiger partial charge in [-0.1, -0.05) is 42.5 Å². The van der Waals surface area contributed by atoms with Crippen LogP contribution in [0, 0.1) is 0 Å². The number of benzene rings is 1. The summed E-state index contributed by atoms with van der Waals surface area (Å²) in [4.78, 5) is 24.4. The highest BCUT2D eigenvalue weighted by molar-refractivity contribution is 5.93. The number of ketones is 1. The number of carbonyl (C=O) groups excluding carboxylic acids is 1. The van der Waals surface area contributed by atoms with Gasteiger partial charge in [0, 0.05) is 51.2 Å². The van der Waals surface area contributed by atoms with Crippen molar-refractivity contribution in [2.45, 2.75) is 13.0 Å². The molecule has 0 amide bonds. The van der Waals surface area contributed by atoms with Gasteiger partial charge in [-0.3, -0.25) is 9.69 Å². The smallest absolute Gasteiger partial charge is 0.225 e. The minimum Gasteiger partial charge on any atom is -0.338 e. The lowest BCUT2D eigenvalue weighted by Gasteiger charge is -2.35. The molecule has 0 radical (unpaired) electrons. The maximum Gasteiger partial charge on any atom is 0.225 e. The second-order valence-corrected chi connectivity index (χ2v) is 6.55. The first-order valence-corrected chi connectivity index (χ1v) is 8.91. The van der Waals surface area contributed by atoms with Crippen LogP contribution in [0.4, 0.5) is 5.95 Å². The molecule has 6 heteroatoms. The van der Waals surface area contributed by atoms with E-state index >= 15 is 0 Å². The summed E-state index contributed by atoms with van der Waals surface area (Å²) in [7, 11) is 0. The molecule has 26 heavy (non-hydrogen) atoms. The highest BCUT2D eigenvalue weighted by Crippen LogP contribution is 2.11. The average Bonchev–Trinajstić information content (AvgIpc) is 2.68. The zero-order valence-corrected chi connectivity index (χ0v) is 15.1. The van der Waals surface area contributed by atoms with E-state index < -0.39 is 0 Å². The maximum atomic E-state index is 11.3. The fourth-order valence-electron chi connectivity index (χ4n) is 2.95. The molecule has 1 aromatic carbocycles. The summed E-state index contributed by atoms with van der Waals surface area (Å²) in [5.41, 5.74) is 7.96. The van der Waals surface area contributed by atoms with Crippen molar-refractivity contribution in [1.29, 1.82) is 0 Å². The van der Waals surface area contributed by atoms with Crippen molar-refractivity contribution in [1.82, 2.24) is 14.9 Å². The Kier molecular flexibility index (Phi) is 6.09. The number of hydrogen-bond acceptors (Lipinski definition) is 6. The number of hydrogen-bond donors (Lipinski definition) is 1. The Morgan fingerprint density at radius 1 is 1.15 bits per heavy atom. The second kappa shape index (κ2) is 8.69. The number of anilines is 1. The Morgan fingerprint density at radius 2 is 1.81 bits per heavy atom. The van der Waals surface area contributed by atoms with E-state index in [1.807, 2.05) is 18.2 Å².